The normalized spacial score (nSPS) is 29.5. The molecule has 2 aliphatic heterocycles. The van der Waals surface area contributed by atoms with Crippen LogP contribution in [-0.4, -0.2) is 40.2 Å². The van der Waals surface area contributed by atoms with Crippen LogP contribution in [0, 0.1) is 5.92 Å². The molecule has 3 atom stereocenters. The number of ether oxygens (including phenoxy) is 1. The van der Waals surface area contributed by atoms with Gasteiger partial charge in [-0.15, -0.1) is 0 Å². The van der Waals surface area contributed by atoms with Gasteiger partial charge in [-0.3, -0.25) is 14.4 Å². The van der Waals surface area contributed by atoms with Gasteiger partial charge in [0.2, 0.25) is 0 Å². The van der Waals surface area contributed by atoms with Crippen LogP contribution in [0.25, 0.3) is 0 Å². The van der Waals surface area contributed by atoms with Gasteiger partial charge in [-0.1, -0.05) is 12.8 Å². The minimum absolute atomic E-state index is 0.0960. The van der Waals surface area contributed by atoms with Crippen molar-refractivity contribution < 1.29 is 14.3 Å². The van der Waals surface area contributed by atoms with E-state index >= 15 is 0 Å². The number of primary amides is 1. The number of carbonyl (C=O) groups is 2. The Morgan fingerprint density at radius 2 is 2.04 bits per heavy atom. The fourth-order valence-corrected chi connectivity index (χ4v) is 4.09. The Morgan fingerprint density at radius 1 is 1.26 bits per heavy atom. The summed E-state index contributed by atoms with van der Waals surface area (Å²) < 4.78 is 7.52. The smallest absolute Gasteiger partial charge is 0.272 e. The van der Waals surface area contributed by atoms with Crippen molar-refractivity contribution in [3.05, 3.63) is 33.7 Å². The van der Waals surface area contributed by atoms with E-state index in [9.17, 15) is 14.4 Å². The summed E-state index contributed by atoms with van der Waals surface area (Å²) in [4.78, 5) is 38.1. The molecule has 4 rings (SSSR count). The standard InChI is InChI=1S/C16H19N3O4/c17-15(21)10-6-18-7-14-19(16(22)12(18)5-13(10)20)11-4-2-1-3-9(11)8-23-14/h5-6,9,11,14H,1-4,7-8H2,(H2,17,21). The number of pyridine rings is 1. The lowest BCUT2D eigenvalue weighted by Crippen LogP contribution is -2.61. The van der Waals surface area contributed by atoms with Crippen molar-refractivity contribution in [1.82, 2.24) is 9.47 Å². The topological polar surface area (TPSA) is 94.6 Å². The Bertz CT molecular complexity index is 741. The van der Waals surface area contributed by atoms with Crippen LogP contribution in [0.5, 0.6) is 0 Å². The maximum Gasteiger partial charge on any atom is 0.272 e. The fourth-order valence-electron chi connectivity index (χ4n) is 4.09. The first kappa shape index (κ1) is 14.4. The molecule has 122 valence electrons. The monoisotopic (exact) mass is 317 g/mol. The SMILES string of the molecule is NC(=O)c1cn2c(cc1=O)C(=O)N1C(C2)OCC2CCCCC21. The molecule has 2 amide bonds. The summed E-state index contributed by atoms with van der Waals surface area (Å²) in [5, 5.41) is 0. The van der Waals surface area contributed by atoms with E-state index in [0.29, 0.717) is 24.8 Å². The maximum atomic E-state index is 12.9. The van der Waals surface area contributed by atoms with Crippen LogP contribution in [-0.2, 0) is 11.3 Å². The van der Waals surface area contributed by atoms with E-state index in [-0.39, 0.29) is 23.7 Å². The van der Waals surface area contributed by atoms with Crippen LogP contribution < -0.4 is 11.2 Å². The molecule has 2 fully saturated rings. The van der Waals surface area contributed by atoms with Crippen molar-refractivity contribution in [1.29, 1.82) is 0 Å². The number of fused-ring (bicyclic) bond motifs is 4. The molecule has 0 spiro atoms. The van der Waals surface area contributed by atoms with Crippen LogP contribution in [0.1, 0.15) is 46.5 Å². The van der Waals surface area contributed by atoms with Gasteiger partial charge < -0.3 is 19.9 Å². The summed E-state index contributed by atoms with van der Waals surface area (Å²) in [6.45, 7) is 1.09. The van der Waals surface area contributed by atoms with Crippen molar-refractivity contribution >= 4 is 11.8 Å². The predicted molar refractivity (Wildman–Crippen MR) is 80.9 cm³/mol. The molecule has 23 heavy (non-hydrogen) atoms. The largest absolute Gasteiger partial charge is 0.365 e. The average molecular weight is 317 g/mol. The van der Waals surface area contributed by atoms with Gasteiger partial charge in [-0.2, -0.15) is 0 Å². The first-order chi connectivity index (χ1) is 11.1. The predicted octanol–water partition coefficient (Wildman–Crippen LogP) is 0.318. The zero-order chi connectivity index (χ0) is 16.1. The highest BCUT2D eigenvalue weighted by Gasteiger charge is 2.45. The Kier molecular flexibility index (Phi) is 3.26. The van der Waals surface area contributed by atoms with Crippen molar-refractivity contribution in [2.45, 2.75) is 44.5 Å². The third kappa shape index (κ3) is 2.18. The van der Waals surface area contributed by atoms with Gasteiger partial charge in [0.15, 0.2) is 11.7 Å². The van der Waals surface area contributed by atoms with Crippen LogP contribution in [0.2, 0.25) is 0 Å². The highest BCUT2D eigenvalue weighted by Crippen LogP contribution is 2.36. The molecular weight excluding hydrogens is 298 g/mol. The molecule has 2 N–H and O–H groups in total. The molecule has 1 saturated carbocycles. The second kappa shape index (κ2) is 5.19. The molecule has 0 aromatic carbocycles. The number of aromatic nitrogens is 1. The van der Waals surface area contributed by atoms with Gasteiger partial charge in [0.05, 0.1) is 13.2 Å². The van der Waals surface area contributed by atoms with Crippen LogP contribution >= 0.6 is 0 Å². The Hall–Kier alpha value is -2.15. The van der Waals surface area contributed by atoms with E-state index in [1.54, 1.807) is 4.57 Å². The third-order valence-electron chi connectivity index (χ3n) is 5.24. The Labute approximate surface area is 133 Å². The van der Waals surface area contributed by atoms with Crippen LogP contribution in [0.3, 0.4) is 0 Å². The summed E-state index contributed by atoms with van der Waals surface area (Å²) in [5.74, 6) is -0.588. The summed E-state index contributed by atoms with van der Waals surface area (Å²) in [6, 6.07) is 1.42. The summed E-state index contributed by atoms with van der Waals surface area (Å²) in [6.07, 6.45) is 5.40. The van der Waals surface area contributed by atoms with E-state index in [1.165, 1.54) is 18.7 Å². The van der Waals surface area contributed by atoms with Crippen molar-refractivity contribution in [2.75, 3.05) is 6.61 Å². The van der Waals surface area contributed by atoms with Gasteiger partial charge in [0.1, 0.15) is 11.3 Å². The average Bonchev–Trinajstić information content (AvgIpc) is 2.54. The van der Waals surface area contributed by atoms with Crippen molar-refractivity contribution in [3.8, 4) is 0 Å². The van der Waals surface area contributed by atoms with Crippen molar-refractivity contribution in [3.63, 3.8) is 0 Å². The molecule has 3 heterocycles. The maximum absolute atomic E-state index is 12.9. The third-order valence-corrected chi connectivity index (χ3v) is 5.24. The quantitative estimate of drug-likeness (QED) is 0.807. The Balaban J connectivity index is 1.76. The summed E-state index contributed by atoms with van der Waals surface area (Å²) >= 11 is 0. The summed E-state index contributed by atoms with van der Waals surface area (Å²) in [5.41, 5.74) is 4.93. The van der Waals surface area contributed by atoms with Crippen LogP contribution in [0.4, 0.5) is 0 Å². The molecule has 0 bridgehead atoms. The first-order valence-electron chi connectivity index (χ1n) is 8.05. The highest BCUT2D eigenvalue weighted by molar-refractivity contribution is 5.96. The van der Waals surface area contributed by atoms with Crippen LogP contribution in [0.15, 0.2) is 17.1 Å². The molecule has 1 aromatic rings. The molecule has 0 radical (unpaired) electrons. The molecule has 3 unspecified atom stereocenters. The number of amides is 2. The van der Waals surface area contributed by atoms with Gasteiger partial charge >= 0.3 is 0 Å². The number of nitrogens with zero attached hydrogens (tertiary/aromatic N) is 2. The summed E-state index contributed by atoms with van der Waals surface area (Å²) in [7, 11) is 0. The fraction of sp³-hybridized carbons (Fsp3) is 0.562. The zero-order valence-corrected chi connectivity index (χ0v) is 12.7. The molecule has 1 aliphatic carbocycles. The minimum atomic E-state index is -0.780. The molecule has 7 heteroatoms. The second-order valence-corrected chi connectivity index (χ2v) is 6.57. The molecule has 3 aliphatic rings. The first-order valence-corrected chi connectivity index (χ1v) is 8.05. The molecular formula is C16H19N3O4. The lowest BCUT2D eigenvalue weighted by Gasteiger charge is -2.50. The molecule has 1 saturated heterocycles. The van der Waals surface area contributed by atoms with E-state index in [2.05, 4.69) is 0 Å². The number of hydrogen-bond donors (Lipinski definition) is 1. The van der Waals surface area contributed by atoms with E-state index < -0.39 is 11.3 Å². The van der Waals surface area contributed by atoms with Gasteiger partial charge in [-0.25, -0.2) is 0 Å². The lowest BCUT2D eigenvalue weighted by molar-refractivity contribution is -0.149. The highest BCUT2D eigenvalue weighted by atomic mass is 16.5. The van der Waals surface area contributed by atoms with E-state index in [1.807, 2.05) is 4.90 Å². The number of carbonyl (C=O) groups excluding carboxylic acids is 2. The van der Waals surface area contributed by atoms with Gasteiger partial charge in [0, 0.05) is 24.2 Å². The van der Waals surface area contributed by atoms with Gasteiger partial charge in [-0.05, 0) is 12.8 Å². The molecule has 1 aromatic heterocycles. The Morgan fingerprint density at radius 3 is 2.83 bits per heavy atom. The second-order valence-electron chi connectivity index (χ2n) is 6.57. The number of rotatable bonds is 1. The number of nitrogens with two attached hydrogens (primary N) is 1. The minimum Gasteiger partial charge on any atom is -0.365 e. The zero-order valence-electron chi connectivity index (χ0n) is 12.7. The lowest BCUT2D eigenvalue weighted by atomic mass is 9.82. The molecule has 7 nitrogen and oxygen atoms in total. The number of hydrogen-bond acceptors (Lipinski definition) is 4. The van der Waals surface area contributed by atoms with Gasteiger partial charge in [0.25, 0.3) is 11.8 Å². The van der Waals surface area contributed by atoms with Crippen molar-refractivity contribution in [2.24, 2.45) is 11.7 Å². The van der Waals surface area contributed by atoms with E-state index in [4.69, 9.17) is 10.5 Å². The van der Waals surface area contributed by atoms with E-state index in [0.717, 1.165) is 19.3 Å².